The van der Waals surface area contributed by atoms with Crippen LogP contribution in [0, 0.1) is 17.5 Å². The summed E-state index contributed by atoms with van der Waals surface area (Å²) in [5.41, 5.74) is 1.12. The molecule has 2 aromatic carbocycles. The van der Waals surface area contributed by atoms with Gasteiger partial charge in [-0.1, -0.05) is 28.1 Å². The van der Waals surface area contributed by atoms with Crippen molar-refractivity contribution in [3.05, 3.63) is 63.9 Å². The Kier molecular flexibility index (Phi) is 3.93. The Hall–Kier alpha value is -1.49. The van der Waals surface area contributed by atoms with Crippen LogP contribution in [-0.2, 0) is 0 Å². The van der Waals surface area contributed by atoms with Gasteiger partial charge in [0, 0.05) is 22.6 Å². The number of halogens is 4. The Balaban J connectivity index is 1.64. The molecule has 1 aliphatic rings. The van der Waals surface area contributed by atoms with E-state index in [1.54, 1.807) is 0 Å². The Bertz CT molecular complexity index is 651. The number of rotatable bonds is 3. The topological polar surface area (TPSA) is 12.0 Å². The third kappa shape index (κ3) is 3.07. The number of benzene rings is 2. The predicted octanol–water partition coefficient (Wildman–Crippen LogP) is 5.22. The Morgan fingerprint density at radius 2 is 1.67 bits per heavy atom. The minimum atomic E-state index is -1.17. The van der Waals surface area contributed by atoms with Crippen LogP contribution in [0.2, 0.25) is 0 Å². The number of anilines is 1. The zero-order valence-corrected chi connectivity index (χ0v) is 12.6. The van der Waals surface area contributed by atoms with E-state index in [1.165, 1.54) is 5.56 Å². The number of hydrogen-bond acceptors (Lipinski definition) is 1. The molecule has 0 heterocycles. The lowest BCUT2D eigenvalue weighted by Gasteiger charge is -2.37. The smallest absolute Gasteiger partial charge is 0.182 e. The fourth-order valence-corrected chi connectivity index (χ4v) is 2.89. The summed E-state index contributed by atoms with van der Waals surface area (Å²) in [5.74, 6) is -2.57. The minimum absolute atomic E-state index is 0.0364. The fourth-order valence-electron chi connectivity index (χ4n) is 2.62. The normalized spacial score (nSPS) is 21.0. The molecule has 3 rings (SSSR count). The van der Waals surface area contributed by atoms with Gasteiger partial charge in [-0.15, -0.1) is 0 Å². The van der Waals surface area contributed by atoms with E-state index < -0.39 is 17.5 Å². The SMILES string of the molecule is Fc1cc(F)c(F)c(NC2CC(c3ccc(Br)cc3)C2)c1. The molecule has 5 heteroatoms. The third-order valence-electron chi connectivity index (χ3n) is 3.83. The monoisotopic (exact) mass is 355 g/mol. The first kappa shape index (κ1) is 14.4. The van der Waals surface area contributed by atoms with Crippen molar-refractivity contribution in [1.82, 2.24) is 0 Å². The van der Waals surface area contributed by atoms with Crippen molar-refractivity contribution < 1.29 is 13.2 Å². The van der Waals surface area contributed by atoms with Crippen LogP contribution >= 0.6 is 15.9 Å². The van der Waals surface area contributed by atoms with E-state index in [-0.39, 0.29) is 11.7 Å². The van der Waals surface area contributed by atoms with Gasteiger partial charge in [0.15, 0.2) is 11.6 Å². The molecular formula is C16H13BrF3N. The van der Waals surface area contributed by atoms with E-state index in [1.807, 2.05) is 24.3 Å². The van der Waals surface area contributed by atoms with E-state index in [0.29, 0.717) is 12.0 Å². The average molecular weight is 356 g/mol. The summed E-state index contributed by atoms with van der Waals surface area (Å²) in [6, 6.07) is 9.64. The Morgan fingerprint density at radius 1 is 1.00 bits per heavy atom. The van der Waals surface area contributed by atoms with Crippen molar-refractivity contribution in [3.8, 4) is 0 Å². The van der Waals surface area contributed by atoms with Gasteiger partial charge in [0.1, 0.15) is 5.82 Å². The predicted molar refractivity (Wildman–Crippen MR) is 79.8 cm³/mol. The molecule has 0 radical (unpaired) electrons. The maximum Gasteiger partial charge on any atom is 0.182 e. The Morgan fingerprint density at radius 3 is 2.33 bits per heavy atom. The van der Waals surface area contributed by atoms with Crippen molar-refractivity contribution in [3.63, 3.8) is 0 Å². The molecule has 2 aromatic rings. The van der Waals surface area contributed by atoms with Gasteiger partial charge in [-0.25, -0.2) is 13.2 Å². The molecule has 0 spiro atoms. The molecule has 0 aromatic heterocycles. The van der Waals surface area contributed by atoms with E-state index in [2.05, 4.69) is 21.2 Å². The summed E-state index contributed by atoms with van der Waals surface area (Å²) >= 11 is 3.39. The summed E-state index contributed by atoms with van der Waals surface area (Å²) in [6.07, 6.45) is 1.64. The van der Waals surface area contributed by atoms with Gasteiger partial charge in [0.25, 0.3) is 0 Å². The fraction of sp³-hybridized carbons (Fsp3) is 0.250. The van der Waals surface area contributed by atoms with Gasteiger partial charge >= 0.3 is 0 Å². The van der Waals surface area contributed by atoms with Crippen molar-refractivity contribution in [1.29, 1.82) is 0 Å². The van der Waals surface area contributed by atoms with Crippen LogP contribution in [0.15, 0.2) is 40.9 Å². The molecule has 1 nitrogen and oxygen atoms in total. The molecule has 0 unspecified atom stereocenters. The third-order valence-corrected chi connectivity index (χ3v) is 4.36. The highest BCUT2D eigenvalue weighted by molar-refractivity contribution is 9.10. The molecule has 0 atom stereocenters. The summed E-state index contributed by atoms with van der Waals surface area (Å²) in [6.45, 7) is 0. The first-order valence-electron chi connectivity index (χ1n) is 6.69. The van der Waals surface area contributed by atoms with Crippen molar-refractivity contribution in [2.24, 2.45) is 0 Å². The summed E-state index contributed by atoms with van der Waals surface area (Å²) in [4.78, 5) is 0. The summed E-state index contributed by atoms with van der Waals surface area (Å²) in [7, 11) is 0. The molecule has 0 saturated heterocycles. The van der Waals surface area contributed by atoms with E-state index in [9.17, 15) is 13.2 Å². The minimum Gasteiger partial charge on any atom is -0.380 e. The lowest BCUT2D eigenvalue weighted by Crippen LogP contribution is -2.34. The number of hydrogen-bond donors (Lipinski definition) is 1. The number of nitrogens with one attached hydrogen (secondary N) is 1. The maximum atomic E-state index is 13.6. The van der Waals surface area contributed by atoms with Crippen molar-refractivity contribution >= 4 is 21.6 Å². The molecule has 21 heavy (non-hydrogen) atoms. The van der Waals surface area contributed by atoms with Crippen LogP contribution in [-0.4, -0.2) is 6.04 Å². The summed E-state index contributed by atoms with van der Waals surface area (Å²) < 4.78 is 40.8. The van der Waals surface area contributed by atoms with Crippen LogP contribution in [0.3, 0.4) is 0 Å². The molecule has 1 N–H and O–H groups in total. The van der Waals surface area contributed by atoms with Crippen LogP contribution in [0.25, 0.3) is 0 Å². The average Bonchev–Trinajstić information content (AvgIpc) is 2.40. The van der Waals surface area contributed by atoms with Gasteiger partial charge in [-0.3, -0.25) is 0 Å². The van der Waals surface area contributed by atoms with Crippen LogP contribution in [0.4, 0.5) is 18.9 Å². The first-order valence-corrected chi connectivity index (χ1v) is 7.49. The highest BCUT2D eigenvalue weighted by Gasteiger charge is 2.31. The molecule has 0 bridgehead atoms. The Labute approximate surface area is 129 Å². The van der Waals surface area contributed by atoms with Crippen LogP contribution in [0.1, 0.15) is 24.3 Å². The van der Waals surface area contributed by atoms with E-state index in [4.69, 9.17) is 0 Å². The van der Waals surface area contributed by atoms with Crippen LogP contribution in [0.5, 0.6) is 0 Å². The summed E-state index contributed by atoms with van der Waals surface area (Å²) in [5, 5.41) is 2.88. The lowest BCUT2D eigenvalue weighted by atomic mass is 9.76. The second-order valence-electron chi connectivity index (χ2n) is 5.31. The van der Waals surface area contributed by atoms with Gasteiger partial charge < -0.3 is 5.32 Å². The van der Waals surface area contributed by atoms with Gasteiger partial charge in [0.2, 0.25) is 0 Å². The lowest BCUT2D eigenvalue weighted by molar-refractivity contribution is 0.371. The molecule has 0 aliphatic heterocycles. The van der Waals surface area contributed by atoms with Gasteiger partial charge in [-0.2, -0.15) is 0 Å². The second kappa shape index (κ2) is 5.72. The molecule has 1 saturated carbocycles. The standard InChI is InChI=1S/C16H13BrF3N/c17-11-3-1-9(2-4-11)10-5-13(6-10)21-15-8-12(18)7-14(19)16(15)20/h1-4,7-8,10,13,21H,5-6H2. The van der Waals surface area contributed by atoms with Gasteiger partial charge in [-0.05, 0) is 36.5 Å². The highest BCUT2D eigenvalue weighted by atomic mass is 79.9. The highest BCUT2D eigenvalue weighted by Crippen LogP contribution is 2.39. The van der Waals surface area contributed by atoms with Crippen LogP contribution < -0.4 is 5.32 Å². The molecule has 0 amide bonds. The quantitative estimate of drug-likeness (QED) is 0.743. The molecule has 110 valence electrons. The molecular weight excluding hydrogens is 343 g/mol. The van der Waals surface area contributed by atoms with E-state index >= 15 is 0 Å². The largest absolute Gasteiger partial charge is 0.380 e. The first-order chi connectivity index (χ1) is 10.0. The zero-order valence-electron chi connectivity index (χ0n) is 11.0. The van der Waals surface area contributed by atoms with E-state index in [0.717, 1.165) is 23.4 Å². The van der Waals surface area contributed by atoms with Crippen molar-refractivity contribution in [2.45, 2.75) is 24.8 Å². The second-order valence-corrected chi connectivity index (χ2v) is 6.23. The maximum absolute atomic E-state index is 13.6. The molecule has 1 aliphatic carbocycles. The molecule has 1 fully saturated rings. The van der Waals surface area contributed by atoms with Crippen molar-refractivity contribution in [2.75, 3.05) is 5.32 Å². The zero-order chi connectivity index (χ0) is 15.0. The van der Waals surface area contributed by atoms with Gasteiger partial charge in [0.05, 0.1) is 5.69 Å².